The number of unbranched alkanes of at least 4 members (excludes halogenated alkanes) is 4. The molecule has 0 bridgehead atoms. The highest BCUT2D eigenvalue weighted by Gasteiger charge is 2.14. The molecule has 126 valence electrons. The second kappa shape index (κ2) is 11.2. The molecule has 0 fully saturated rings. The van der Waals surface area contributed by atoms with Gasteiger partial charge in [-0.15, -0.1) is 0 Å². The number of aryl methyl sites for hydroxylation is 1. The Morgan fingerprint density at radius 2 is 1.64 bits per heavy atom. The van der Waals surface area contributed by atoms with Gasteiger partial charge in [0.2, 0.25) is 0 Å². The molecule has 2 nitrogen and oxygen atoms in total. The molecule has 0 heterocycles. The first-order chi connectivity index (χ1) is 10.6. The summed E-state index contributed by atoms with van der Waals surface area (Å²) in [6.07, 6.45) is 7.11. The molecule has 1 aromatic carbocycles. The fraction of sp³-hybridized carbons (Fsp3) is 0.684. The third kappa shape index (κ3) is 7.26. The summed E-state index contributed by atoms with van der Waals surface area (Å²) in [5.41, 5.74) is 2.21. The Kier molecular flexibility index (Phi) is 10.0. The molecule has 0 saturated heterocycles. The van der Waals surface area contributed by atoms with Crippen LogP contribution in [-0.4, -0.2) is 29.6 Å². The Morgan fingerprint density at radius 1 is 1.05 bits per heavy atom. The Bertz CT molecular complexity index is 412. The van der Waals surface area contributed by atoms with Gasteiger partial charge in [-0.05, 0) is 50.0 Å². The van der Waals surface area contributed by atoms with Gasteiger partial charge in [0.05, 0.1) is 6.10 Å². The van der Waals surface area contributed by atoms with Crippen LogP contribution in [0.15, 0.2) is 22.7 Å². The number of rotatable bonds is 11. The van der Waals surface area contributed by atoms with Crippen molar-refractivity contribution >= 4 is 15.9 Å². The third-order valence-electron chi connectivity index (χ3n) is 4.15. The molecule has 0 unspecified atom stereocenters. The Labute approximate surface area is 145 Å². The van der Waals surface area contributed by atoms with Crippen LogP contribution < -0.4 is 0 Å². The quantitative estimate of drug-likeness (QED) is 0.522. The molecule has 0 spiro atoms. The predicted molar refractivity (Wildman–Crippen MR) is 99.3 cm³/mol. The summed E-state index contributed by atoms with van der Waals surface area (Å²) in [4.78, 5) is 2.44. The lowest BCUT2D eigenvalue weighted by molar-refractivity contribution is 0.110. The fourth-order valence-corrected chi connectivity index (χ4v) is 2.94. The predicted octanol–water partition coefficient (Wildman–Crippen LogP) is 5.47. The minimum absolute atomic E-state index is 0.393. The summed E-state index contributed by atoms with van der Waals surface area (Å²) >= 11 is 3.52. The van der Waals surface area contributed by atoms with Crippen LogP contribution in [0.5, 0.6) is 0 Å². The maximum absolute atomic E-state index is 10.6. The zero-order valence-electron chi connectivity index (χ0n) is 14.4. The Balaban J connectivity index is 2.58. The van der Waals surface area contributed by atoms with Gasteiger partial charge in [0.25, 0.3) is 0 Å². The van der Waals surface area contributed by atoms with E-state index in [1.165, 1.54) is 44.1 Å². The molecule has 0 radical (unpaired) electrons. The molecular weight excluding hydrogens is 338 g/mol. The summed E-state index contributed by atoms with van der Waals surface area (Å²) in [6.45, 7) is 9.49. The van der Waals surface area contributed by atoms with E-state index < -0.39 is 6.10 Å². The van der Waals surface area contributed by atoms with Gasteiger partial charge in [-0.3, -0.25) is 0 Å². The molecule has 1 N–H and O–H groups in total. The van der Waals surface area contributed by atoms with Crippen LogP contribution in [0.4, 0.5) is 0 Å². The SMILES string of the molecule is CCCCCN(CCCCC)C[C@@H](O)c1ccc(Br)c(C)c1. The lowest BCUT2D eigenvalue weighted by Crippen LogP contribution is -2.31. The standard InChI is InChI=1S/C19H32BrNO/c1-4-6-8-12-21(13-9-7-5-2)15-19(22)17-10-11-18(20)16(3)14-17/h10-11,14,19,22H,4-9,12-13,15H2,1-3H3/t19-/m1/s1. The van der Waals surface area contributed by atoms with Gasteiger partial charge in [-0.25, -0.2) is 0 Å². The average molecular weight is 370 g/mol. The van der Waals surface area contributed by atoms with Crippen molar-refractivity contribution in [3.05, 3.63) is 33.8 Å². The van der Waals surface area contributed by atoms with Gasteiger partial charge in [0.1, 0.15) is 0 Å². The van der Waals surface area contributed by atoms with E-state index in [9.17, 15) is 5.11 Å². The smallest absolute Gasteiger partial charge is 0.0917 e. The second-order valence-electron chi connectivity index (χ2n) is 6.24. The summed E-state index contributed by atoms with van der Waals surface area (Å²) in [6, 6.07) is 6.15. The van der Waals surface area contributed by atoms with E-state index >= 15 is 0 Å². The molecule has 1 aromatic rings. The first-order valence-corrected chi connectivity index (χ1v) is 9.54. The van der Waals surface area contributed by atoms with Crippen LogP contribution in [0, 0.1) is 6.92 Å². The summed E-state index contributed by atoms with van der Waals surface area (Å²) in [5, 5.41) is 10.6. The van der Waals surface area contributed by atoms with Crippen LogP contribution in [-0.2, 0) is 0 Å². The highest BCUT2D eigenvalue weighted by Crippen LogP contribution is 2.22. The van der Waals surface area contributed by atoms with Gasteiger partial charge < -0.3 is 10.0 Å². The van der Waals surface area contributed by atoms with E-state index in [1.807, 2.05) is 12.1 Å². The van der Waals surface area contributed by atoms with Crippen molar-refractivity contribution in [2.45, 2.75) is 65.4 Å². The number of aliphatic hydroxyl groups is 1. The largest absolute Gasteiger partial charge is 0.387 e. The first kappa shape index (κ1) is 19.7. The number of hydrogen-bond donors (Lipinski definition) is 1. The molecule has 0 saturated carbocycles. The number of aliphatic hydroxyl groups excluding tert-OH is 1. The molecule has 1 rings (SSSR count). The summed E-state index contributed by atoms with van der Waals surface area (Å²) in [5.74, 6) is 0. The van der Waals surface area contributed by atoms with Crippen molar-refractivity contribution in [1.29, 1.82) is 0 Å². The van der Waals surface area contributed by atoms with E-state index in [-0.39, 0.29) is 0 Å². The molecule has 0 aromatic heterocycles. The van der Waals surface area contributed by atoms with Crippen molar-refractivity contribution in [1.82, 2.24) is 4.90 Å². The highest BCUT2D eigenvalue weighted by atomic mass is 79.9. The molecule has 0 amide bonds. The van der Waals surface area contributed by atoms with E-state index in [0.717, 1.165) is 29.7 Å². The van der Waals surface area contributed by atoms with E-state index in [0.29, 0.717) is 0 Å². The van der Waals surface area contributed by atoms with Crippen LogP contribution in [0.3, 0.4) is 0 Å². The zero-order chi connectivity index (χ0) is 16.4. The van der Waals surface area contributed by atoms with E-state index in [2.05, 4.69) is 47.7 Å². The maximum atomic E-state index is 10.6. The lowest BCUT2D eigenvalue weighted by Gasteiger charge is -2.25. The number of benzene rings is 1. The summed E-state index contributed by atoms with van der Waals surface area (Å²) in [7, 11) is 0. The number of nitrogens with zero attached hydrogens (tertiary/aromatic N) is 1. The van der Waals surface area contributed by atoms with Crippen molar-refractivity contribution in [3.63, 3.8) is 0 Å². The lowest BCUT2D eigenvalue weighted by atomic mass is 10.1. The molecule has 22 heavy (non-hydrogen) atoms. The Hall–Kier alpha value is -0.380. The monoisotopic (exact) mass is 369 g/mol. The number of halogens is 1. The van der Waals surface area contributed by atoms with E-state index in [1.54, 1.807) is 0 Å². The van der Waals surface area contributed by atoms with Gasteiger partial charge in [0, 0.05) is 11.0 Å². The molecule has 3 heteroatoms. The molecular formula is C19H32BrNO. The highest BCUT2D eigenvalue weighted by molar-refractivity contribution is 9.10. The van der Waals surface area contributed by atoms with Gasteiger partial charge in [-0.2, -0.15) is 0 Å². The third-order valence-corrected chi connectivity index (χ3v) is 5.04. The molecule has 0 aliphatic carbocycles. The Morgan fingerprint density at radius 3 is 2.14 bits per heavy atom. The van der Waals surface area contributed by atoms with Crippen LogP contribution in [0.25, 0.3) is 0 Å². The van der Waals surface area contributed by atoms with Gasteiger partial charge in [0.15, 0.2) is 0 Å². The molecule has 1 atom stereocenters. The second-order valence-corrected chi connectivity index (χ2v) is 7.09. The van der Waals surface area contributed by atoms with Crippen molar-refractivity contribution in [2.24, 2.45) is 0 Å². The van der Waals surface area contributed by atoms with Gasteiger partial charge in [-0.1, -0.05) is 67.6 Å². The summed E-state index contributed by atoms with van der Waals surface area (Å²) < 4.78 is 1.10. The maximum Gasteiger partial charge on any atom is 0.0917 e. The first-order valence-electron chi connectivity index (χ1n) is 8.75. The van der Waals surface area contributed by atoms with Crippen molar-refractivity contribution in [3.8, 4) is 0 Å². The molecule has 0 aliphatic rings. The fourth-order valence-electron chi connectivity index (χ4n) is 2.69. The minimum Gasteiger partial charge on any atom is -0.387 e. The van der Waals surface area contributed by atoms with Crippen molar-refractivity contribution < 1.29 is 5.11 Å². The average Bonchev–Trinajstić information content (AvgIpc) is 2.50. The van der Waals surface area contributed by atoms with Crippen LogP contribution in [0.2, 0.25) is 0 Å². The topological polar surface area (TPSA) is 23.5 Å². The normalized spacial score (nSPS) is 12.8. The van der Waals surface area contributed by atoms with Crippen molar-refractivity contribution in [2.75, 3.05) is 19.6 Å². The molecule has 0 aliphatic heterocycles. The minimum atomic E-state index is -0.393. The van der Waals surface area contributed by atoms with Crippen LogP contribution in [0.1, 0.15) is 69.6 Å². The number of hydrogen-bond acceptors (Lipinski definition) is 2. The van der Waals surface area contributed by atoms with Gasteiger partial charge >= 0.3 is 0 Å². The zero-order valence-corrected chi connectivity index (χ0v) is 16.0. The van der Waals surface area contributed by atoms with E-state index in [4.69, 9.17) is 0 Å². The van der Waals surface area contributed by atoms with Crippen LogP contribution >= 0.6 is 15.9 Å².